The summed E-state index contributed by atoms with van der Waals surface area (Å²) in [5, 5.41) is 8.03. The van der Waals surface area contributed by atoms with Crippen LogP contribution in [0.5, 0.6) is 17.2 Å². The van der Waals surface area contributed by atoms with Crippen LogP contribution in [0.25, 0.3) is 22.4 Å². The van der Waals surface area contributed by atoms with Crippen molar-refractivity contribution >= 4 is 22.6 Å². The molecule has 10 heteroatoms. The number of benzene rings is 3. The maximum Gasteiger partial charge on any atom is 0.573 e. The van der Waals surface area contributed by atoms with Crippen molar-refractivity contribution in [1.82, 2.24) is 15.1 Å². The summed E-state index contributed by atoms with van der Waals surface area (Å²) in [6, 6.07) is 21.7. The number of hydrogen-bond acceptors (Lipinski definition) is 7. The lowest BCUT2D eigenvalue weighted by atomic mass is 10.1. The van der Waals surface area contributed by atoms with E-state index in [2.05, 4.69) is 25.2 Å². The third kappa shape index (κ3) is 4.75. The van der Waals surface area contributed by atoms with Gasteiger partial charge in [0.1, 0.15) is 40.5 Å². The largest absolute Gasteiger partial charge is 0.573 e. The zero-order chi connectivity index (χ0) is 23.5. The number of rotatable bonds is 6. The van der Waals surface area contributed by atoms with E-state index in [1.807, 2.05) is 30.3 Å². The first kappa shape index (κ1) is 21.3. The fraction of sp³-hybridized carbons (Fsp3) is 0.0417. The van der Waals surface area contributed by atoms with Crippen molar-refractivity contribution in [3.05, 3.63) is 85.2 Å². The maximum atomic E-state index is 12.3. The van der Waals surface area contributed by atoms with Gasteiger partial charge in [0.05, 0.1) is 0 Å². The van der Waals surface area contributed by atoms with Gasteiger partial charge in [0.2, 0.25) is 0 Å². The van der Waals surface area contributed by atoms with E-state index < -0.39 is 6.36 Å². The summed E-state index contributed by atoms with van der Waals surface area (Å²) < 4.78 is 51.8. The van der Waals surface area contributed by atoms with Gasteiger partial charge in [0.25, 0.3) is 5.71 Å². The highest BCUT2D eigenvalue weighted by atomic mass is 19.4. The van der Waals surface area contributed by atoms with E-state index in [9.17, 15) is 13.2 Å². The molecule has 1 N–H and O–H groups in total. The molecule has 0 fully saturated rings. The third-order valence-corrected chi connectivity index (χ3v) is 4.73. The average Bonchev–Trinajstić information content (AvgIpc) is 3.27. The minimum absolute atomic E-state index is 0.320. The number of halogens is 3. The summed E-state index contributed by atoms with van der Waals surface area (Å²) in [6.45, 7) is 0. The van der Waals surface area contributed by atoms with E-state index >= 15 is 0 Å². The van der Waals surface area contributed by atoms with Gasteiger partial charge >= 0.3 is 6.36 Å². The summed E-state index contributed by atoms with van der Waals surface area (Å²) in [5.74, 6) is 1.07. The van der Waals surface area contributed by atoms with Crippen molar-refractivity contribution < 1.29 is 27.2 Å². The second-order valence-corrected chi connectivity index (χ2v) is 7.07. The minimum Gasteiger partial charge on any atom is -0.457 e. The SMILES string of the molecule is FC(F)(F)Oc1ccc(Oc2ccc(Nc3ncnc4onc(-c5ccccc5)c34)cc2)cc1. The molecule has 0 unspecified atom stereocenters. The zero-order valence-electron chi connectivity index (χ0n) is 17.3. The molecule has 7 nitrogen and oxygen atoms in total. The topological polar surface area (TPSA) is 82.3 Å². The van der Waals surface area contributed by atoms with Crippen LogP contribution in [-0.2, 0) is 0 Å². The number of aromatic nitrogens is 3. The molecule has 0 bridgehead atoms. The van der Waals surface area contributed by atoms with Crippen LogP contribution in [0.15, 0.2) is 89.7 Å². The predicted molar refractivity (Wildman–Crippen MR) is 118 cm³/mol. The first-order chi connectivity index (χ1) is 16.4. The van der Waals surface area contributed by atoms with E-state index in [4.69, 9.17) is 9.26 Å². The molecule has 2 aromatic heterocycles. The number of fused-ring (bicyclic) bond motifs is 1. The molecule has 0 saturated carbocycles. The minimum atomic E-state index is -4.74. The molecular weight excluding hydrogens is 449 g/mol. The van der Waals surface area contributed by atoms with Crippen molar-refractivity contribution in [2.24, 2.45) is 0 Å². The Bertz CT molecular complexity index is 1400. The number of hydrogen-bond donors (Lipinski definition) is 1. The van der Waals surface area contributed by atoms with E-state index in [-0.39, 0.29) is 5.75 Å². The van der Waals surface area contributed by atoms with Crippen LogP contribution in [0.3, 0.4) is 0 Å². The van der Waals surface area contributed by atoms with Crippen LogP contribution in [0.1, 0.15) is 0 Å². The maximum absolute atomic E-state index is 12.3. The number of alkyl halides is 3. The fourth-order valence-corrected chi connectivity index (χ4v) is 3.26. The van der Waals surface area contributed by atoms with Gasteiger partial charge in [-0.2, -0.15) is 4.98 Å². The normalized spacial score (nSPS) is 11.4. The second-order valence-electron chi connectivity index (χ2n) is 7.07. The Kier molecular flexibility index (Phi) is 5.46. The lowest BCUT2D eigenvalue weighted by Gasteiger charge is -2.11. The smallest absolute Gasteiger partial charge is 0.457 e. The Balaban J connectivity index is 1.33. The van der Waals surface area contributed by atoms with E-state index in [0.29, 0.717) is 34.1 Å². The van der Waals surface area contributed by atoms with Gasteiger partial charge in [-0.25, -0.2) is 4.98 Å². The highest BCUT2D eigenvalue weighted by molar-refractivity contribution is 5.98. The van der Waals surface area contributed by atoms with Gasteiger partial charge in [-0.15, -0.1) is 13.2 Å². The number of nitrogens with one attached hydrogen (secondary N) is 1. The third-order valence-electron chi connectivity index (χ3n) is 4.73. The molecular formula is C24H15F3N4O3. The lowest BCUT2D eigenvalue weighted by Crippen LogP contribution is -2.16. The molecule has 0 amide bonds. The van der Waals surface area contributed by atoms with E-state index in [1.165, 1.54) is 30.6 Å². The fourth-order valence-electron chi connectivity index (χ4n) is 3.26. The lowest BCUT2D eigenvalue weighted by molar-refractivity contribution is -0.274. The molecule has 5 aromatic rings. The van der Waals surface area contributed by atoms with Crippen molar-refractivity contribution in [3.8, 4) is 28.5 Å². The standard InChI is InChI=1S/C24H15F3N4O3/c25-24(26,27)33-19-12-10-18(11-13-19)32-17-8-6-16(7-9-17)30-22-20-21(15-4-2-1-3-5-15)31-34-23(20)29-14-28-22/h1-14H,(H,28,29,30). The molecule has 170 valence electrons. The first-order valence-electron chi connectivity index (χ1n) is 10.0. The molecule has 2 heterocycles. The molecule has 0 radical (unpaired) electrons. The van der Waals surface area contributed by atoms with Gasteiger partial charge in [0.15, 0.2) is 0 Å². The number of anilines is 2. The molecule has 34 heavy (non-hydrogen) atoms. The summed E-state index contributed by atoms with van der Waals surface area (Å²) in [4.78, 5) is 8.48. The monoisotopic (exact) mass is 464 g/mol. The Hall–Kier alpha value is -4.60. The average molecular weight is 464 g/mol. The van der Waals surface area contributed by atoms with Crippen LogP contribution in [0.2, 0.25) is 0 Å². The van der Waals surface area contributed by atoms with E-state index in [1.54, 1.807) is 24.3 Å². The highest BCUT2D eigenvalue weighted by Crippen LogP contribution is 2.33. The molecule has 0 aliphatic carbocycles. The first-order valence-corrected chi connectivity index (χ1v) is 10.0. The van der Waals surface area contributed by atoms with Crippen molar-refractivity contribution in [2.75, 3.05) is 5.32 Å². The van der Waals surface area contributed by atoms with Crippen LogP contribution in [0, 0.1) is 0 Å². The highest BCUT2D eigenvalue weighted by Gasteiger charge is 2.31. The summed E-state index contributed by atoms with van der Waals surface area (Å²) in [6.07, 6.45) is -3.36. The van der Waals surface area contributed by atoms with Gasteiger partial charge < -0.3 is 19.3 Å². The van der Waals surface area contributed by atoms with Crippen LogP contribution >= 0.6 is 0 Å². The van der Waals surface area contributed by atoms with E-state index in [0.717, 1.165) is 11.3 Å². The number of ether oxygens (including phenoxy) is 2. The summed E-state index contributed by atoms with van der Waals surface area (Å²) in [7, 11) is 0. The Morgan fingerprint density at radius 2 is 1.41 bits per heavy atom. The zero-order valence-corrected chi connectivity index (χ0v) is 17.3. The van der Waals surface area contributed by atoms with Crippen LogP contribution < -0.4 is 14.8 Å². The van der Waals surface area contributed by atoms with Gasteiger partial charge in [0, 0.05) is 11.3 Å². The molecule has 0 saturated heterocycles. The van der Waals surface area contributed by atoms with Crippen molar-refractivity contribution in [3.63, 3.8) is 0 Å². The molecule has 0 spiro atoms. The second kappa shape index (κ2) is 8.74. The molecule has 5 rings (SSSR count). The molecule has 0 atom stereocenters. The Morgan fingerprint density at radius 1 is 0.765 bits per heavy atom. The molecule has 0 aliphatic heterocycles. The summed E-state index contributed by atoms with van der Waals surface area (Å²) in [5.41, 5.74) is 2.57. The van der Waals surface area contributed by atoms with Crippen LogP contribution in [-0.4, -0.2) is 21.5 Å². The number of nitrogens with zero attached hydrogens (tertiary/aromatic N) is 3. The van der Waals surface area contributed by atoms with Gasteiger partial charge in [-0.05, 0) is 48.5 Å². The molecule has 3 aromatic carbocycles. The Labute approximate surface area is 190 Å². The Morgan fingerprint density at radius 3 is 2.09 bits per heavy atom. The molecule has 0 aliphatic rings. The van der Waals surface area contributed by atoms with Crippen molar-refractivity contribution in [1.29, 1.82) is 0 Å². The van der Waals surface area contributed by atoms with Crippen molar-refractivity contribution in [2.45, 2.75) is 6.36 Å². The van der Waals surface area contributed by atoms with Gasteiger partial charge in [-0.3, -0.25) is 0 Å². The summed E-state index contributed by atoms with van der Waals surface area (Å²) >= 11 is 0. The quantitative estimate of drug-likeness (QED) is 0.299. The van der Waals surface area contributed by atoms with Crippen LogP contribution in [0.4, 0.5) is 24.7 Å². The van der Waals surface area contributed by atoms with Gasteiger partial charge in [-0.1, -0.05) is 35.5 Å². The predicted octanol–water partition coefficient (Wildman–Crippen LogP) is 6.72.